The minimum Gasteiger partial charge on any atom is -0.375 e. The van der Waals surface area contributed by atoms with Crippen molar-refractivity contribution in [2.45, 2.75) is 26.9 Å². The fourth-order valence-electron chi connectivity index (χ4n) is 4.07. The average Bonchev–Trinajstić information content (AvgIpc) is 2.83. The third-order valence-corrected chi connectivity index (χ3v) is 6.13. The quantitative estimate of drug-likeness (QED) is 0.389. The molecule has 3 heterocycles. The number of hydrogen-bond donors (Lipinski definition) is 0. The van der Waals surface area contributed by atoms with Crippen LogP contribution < -0.4 is 10.5 Å². The maximum atomic E-state index is 14.9. The van der Waals surface area contributed by atoms with Crippen LogP contribution in [-0.4, -0.2) is 39.7 Å². The summed E-state index contributed by atoms with van der Waals surface area (Å²) >= 11 is 0. The molecular weight excluding hydrogens is 452 g/mol. The first kappa shape index (κ1) is 24.4. The molecule has 0 spiro atoms. The summed E-state index contributed by atoms with van der Waals surface area (Å²) in [5.41, 5.74) is 2.08. The van der Waals surface area contributed by atoms with Gasteiger partial charge in [-0.25, -0.2) is 18.7 Å². The molecule has 0 radical (unpaired) electrons. The number of rotatable bonds is 7. The molecule has 0 bridgehead atoms. The Labute approximate surface area is 202 Å². The van der Waals surface area contributed by atoms with Gasteiger partial charge in [0.25, 0.3) is 5.56 Å². The molecular formula is C26H27F2N5O2. The smallest absolute Gasteiger partial charge is 0.261 e. The zero-order valence-corrected chi connectivity index (χ0v) is 20.3. The van der Waals surface area contributed by atoms with E-state index in [1.165, 1.54) is 10.6 Å². The number of nitrogens with zero attached hydrogens (tertiary/aromatic N) is 5. The molecule has 4 rings (SSSR count). The van der Waals surface area contributed by atoms with E-state index in [0.29, 0.717) is 30.1 Å². The van der Waals surface area contributed by atoms with E-state index < -0.39 is 11.6 Å². The number of benzene rings is 1. The number of aromatic nitrogens is 4. The van der Waals surface area contributed by atoms with Crippen molar-refractivity contribution < 1.29 is 13.5 Å². The van der Waals surface area contributed by atoms with Gasteiger partial charge in [0.15, 0.2) is 0 Å². The Balaban J connectivity index is 1.90. The zero-order valence-electron chi connectivity index (χ0n) is 20.3. The fraction of sp³-hybridized carbons (Fsp3) is 0.308. The van der Waals surface area contributed by atoms with E-state index in [-0.39, 0.29) is 28.4 Å². The van der Waals surface area contributed by atoms with Crippen molar-refractivity contribution in [2.24, 2.45) is 7.05 Å². The van der Waals surface area contributed by atoms with Gasteiger partial charge in [0, 0.05) is 50.8 Å². The van der Waals surface area contributed by atoms with E-state index in [2.05, 4.69) is 9.97 Å². The van der Waals surface area contributed by atoms with E-state index in [9.17, 15) is 13.6 Å². The topological polar surface area (TPSA) is 73.1 Å². The van der Waals surface area contributed by atoms with Crippen molar-refractivity contribution in [3.63, 3.8) is 0 Å². The van der Waals surface area contributed by atoms with Gasteiger partial charge in [-0.2, -0.15) is 0 Å². The second-order valence-corrected chi connectivity index (χ2v) is 8.37. The third-order valence-electron chi connectivity index (χ3n) is 6.13. The number of fused-ring (bicyclic) bond motifs is 1. The summed E-state index contributed by atoms with van der Waals surface area (Å²) < 4.78 is 35.7. The number of pyridine rings is 2. The highest BCUT2D eigenvalue weighted by molar-refractivity contribution is 5.93. The number of halogens is 2. The van der Waals surface area contributed by atoms with E-state index >= 15 is 0 Å². The molecule has 0 N–H and O–H groups in total. The first-order valence-electron chi connectivity index (χ1n) is 11.3. The van der Waals surface area contributed by atoms with Crippen molar-refractivity contribution in [1.29, 1.82) is 0 Å². The normalized spacial score (nSPS) is 12.2. The van der Waals surface area contributed by atoms with Crippen molar-refractivity contribution >= 4 is 16.7 Å². The van der Waals surface area contributed by atoms with Gasteiger partial charge < -0.3 is 9.64 Å². The van der Waals surface area contributed by atoms with Gasteiger partial charge in [0.2, 0.25) is 0 Å². The summed E-state index contributed by atoms with van der Waals surface area (Å²) in [4.78, 5) is 28.6. The SMILES string of the molecule is CCN(C[C@@H](OC)c1ccnc(C)c1)c1cc2c(=O)n(C)c(C)nc2c(-c2ccc(F)cc2F)n1. The highest BCUT2D eigenvalue weighted by Gasteiger charge is 2.22. The number of ether oxygens (including phenoxy) is 1. The molecule has 0 fully saturated rings. The lowest BCUT2D eigenvalue weighted by atomic mass is 10.1. The summed E-state index contributed by atoms with van der Waals surface area (Å²) in [7, 11) is 3.26. The monoisotopic (exact) mass is 479 g/mol. The molecule has 0 amide bonds. The van der Waals surface area contributed by atoms with Gasteiger partial charge in [-0.15, -0.1) is 0 Å². The molecule has 4 aromatic rings. The van der Waals surface area contributed by atoms with Crippen LogP contribution in [0.4, 0.5) is 14.6 Å². The molecule has 0 aliphatic carbocycles. The van der Waals surface area contributed by atoms with E-state index in [0.717, 1.165) is 23.4 Å². The molecule has 3 aromatic heterocycles. The number of methoxy groups -OCH3 is 1. The zero-order chi connectivity index (χ0) is 25.3. The maximum Gasteiger partial charge on any atom is 0.261 e. The van der Waals surface area contributed by atoms with Gasteiger partial charge in [0.1, 0.15) is 34.5 Å². The highest BCUT2D eigenvalue weighted by Crippen LogP contribution is 2.31. The van der Waals surface area contributed by atoms with Gasteiger partial charge in [-0.1, -0.05) is 0 Å². The van der Waals surface area contributed by atoms with Gasteiger partial charge >= 0.3 is 0 Å². The Kier molecular flexibility index (Phi) is 6.88. The molecule has 1 aromatic carbocycles. The summed E-state index contributed by atoms with van der Waals surface area (Å²) in [5, 5.41) is 0.300. The predicted molar refractivity (Wildman–Crippen MR) is 131 cm³/mol. The predicted octanol–water partition coefficient (Wildman–Crippen LogP) is 4.50. The first-order chi connectivity index (χ1) is 16.7. The van der Waals surface area contributed by atoms with Crippen LogP contribution in [0.5, 0.6) is 0 Å². The number of aryl methyl sites for hydroxylation is 2. The number of hydrogen-bond acceptors (Lipinski definition) is 6. The van der Waals surface area contributed by atoms with Crippen LogP contribution in [-0.2, 0) is 11.8 Å². The van der Waals surface area contributed by atoms with Gasteiger partial charge in [-0.05, 0) is 56.7 Å². The Morgan fingerprint density at radius 1 is 1.11 bits per heavy atom. The molecule has 0 aliphatic rings. The summed E-state index contributed by atoms with van der Waals surface area (Å²) in [6, 6.07) is 8.80. The fourth-order valence-corrected chi connectivity index (χ4v) is 4.07. The minimum absolute atomic E-state index is 0.0718. The first-order valence-corrected chi connectivity index (χ1v) is 11.3. The van der Waals surface area contributed by atoms with E-state index in [4.69, 9.17) is 9.72 Å². The van der Waals surface area contributed by atoms with Gasteiger partial charge in [-0.3, -0.25) is 14.3 Å². The van der Waals surface area contributed by atoms with E-state index in [1.807, 2.05) is 30.9 Å². The Hall–Kier alpha value is -3.72. The van der Waals surface area contributed by atoms with Crippen LogP contribution in [0.1, 0.15) is 30.1 Å². The molecule has 7 nitrogen and oxygen atoms in total. The lowest BCUT2D eigenvalue weighted by Crippen LogP contribution is -2.30. The second-order valence-electron chi connectivity index (χ2n) is 8.37. The highest BCUT2D eigenvalue weighted by atomic mass is 19.1. The van der Waals surface area contributed by atoms with Crippen molar-refractivity contribution in [1.82, 2.24) is 19.5 Å². The molecule has 0 saturated heterocycles. The molecule has 9 heteroatoms. The van der Waals surface area contributed by atoms with Crippen LogP contribution in [0.2, 0.25) is 0 Å². The molecule has 0 aliphatic heterocycles. The average molecular weight is 480 g/mol. The molecule has 182 valence electrons. The van der Waals surface area contributed by atoms with Crippen molar-refractivity contribution in [3.8, 4) is 11.3 Å². The van der Waals surface area contributed by atoms with Crippen molar-refractivity contribution in [3.05, 3.63) is 81.7 Å². The molecule has 0 unspecified atom stereocenters. The van der Waals surface area contributed by atoms with Gasteiger partial charge in [0.05, 0.1) is 11.5 Å². The van der Waals surface area contributed by atoms with Crippen molar-refractivity contribution in [2.75, 3.05) is 25.1 Å². The molecule has 35 heavy (non-hydrogen) atoms. The standard InChI is InChI=1S/C26H27F2N5O2/c1-6-33(14-22(35-5)17-9-10-29-15(2)11-17)23-13-20-25(30-16(3)32(4)26(20)34)24(31-23)19-8-7-18(27)12-21(19)28/h7-13,22H,6,14H2,1-5H3/t22-/m1/s1. The van der Waals surface area contributed by atoms with Crippen LogP contribution in [0.15, 0.2) is 47.4 Å². The third kappa shape index (κ3) is 4.77. The Morgan fingerprint density at radius 3 is 2.54 bits per heavy atom. The second kappa shape index (κ2) is 9.87. The molecule has 0 saturated carbocycles. The minimum atomic E-state index is -0.777. The lowest BCUT2D eigenvalue weighted by Gasteiger charge is -2.28. The maximum absolute atomic E-state index is 14.9. The lowest BCUT2D eigenvalue weighted by molar-refractivity contribution is 0.108. The number of anilines is 1. The van der Waals surface area contributed by atoms with Crippen LogP contribution in [0, 0.1) is 25.5 Å². The van der Waals surface area contributed by atoms with Crippen LogP contribution in [0.3, 0.4) is 0 Å². The number of likely N-dealkylation sites (N-methyl/N-ethyl adjacent to an activating group) is 1. The summed E-state index contributed by atoms with van der Waals surface area (Å²) in [5.74, 6) is -0.548. The Bertz CT molecular complexity index is 1450. The van der Waals surface area contributed by atoms with E-state index in [1.54, 1.807) is 33.3 Å². The van der Waals surface area contributed by atoms with Crippen LogP contribution in [0.25, 0.3) is 22.2 Å². The molecule has 1 atom stereocenters. The Morgan fingerprint density at radius 2 is 1.89 bits per heavy atom. The largest absolute Gasteiger partial charge is 0.375 e. The van der Waals surface area contributed by atoms with Crippen LogP contribution >= 0.6 is 0 Å². The summed E-state index contributed by atoms with van der Waals surface area (Å²) in [6.07, 6.45) is 1.44. The summed E-state index contributed by atoms with van der Waals surface area (Å²) in [6.45, 7) is 6.54.